The summed E-state index contributed by atoms with van der Waals surface area (Å²) in [6, 6.07) is 9.80. The molecule has 0 saturated carbocycles. The number of pyridine rings is 1. The number of nitrogens with one attached hydrogen (secondary N) is 1. The summed E-state index contributed by atoms with van der Waals surface area (Å²) in [5, 5.41) is 2.91. The first kappa shape index (κ1) is 12.7. The number of aromatic nitrogens is 1. The Kier molecular flexibility index (Phi) is 3.63. The summed E-state index contributed by atoms with van der Waals surface area (Å²) in [6.45, 7) is 1.27. The minimum Gasteiger partial charge on any atom is -0.493 e. The lowest BCUT2D eigenvalue weighted by atomic mass is 10.1. The van der Waals surface area contributed by atoms with Crippen LogP contribution in [-0.4, -0.2) is 17.5 Å². The van der Waals surface area contributed by atoms with Gasteiger partial charge in [0.2, 0.25) is 5.91 Å². The molecule has 1 aromatic heterocycles. The predicted molar refractivity (Wildman–Crippen MR) is 75.4 cm³/mol. The molecule has 1 aliphatic rings. The highest BCUT2D eigenvalue weighted by Gasteiger charge is 2.13. The molecule has 4 nitrogen and oxygen atoms in total. The molecule has 0 bridgehead atoms. The van der Waals surface area contributed by atoms with Crippen molar-refractivity contribution in [3.05, 3.63) is 59.4 Å². The Morgan fingerprint density at radius 1 is 1.20 bits per heavy atom. The second kappa shape index (κ2) is 5.74. The fourth-order valence-corrected chi connectivity index (χ4v) is 2.27. The van der Waals surface area contributed by atoms with Gasteiger partial charge in [0.25, 0.3) is 0 Å². The van der Waals surface area contributed by atoms with E-state index in [1.165, 1.54) is 5.56 Å². The zero-order valence-corrected chi connectivity index (χ0v) is 11.1. The van der Waals surface area contributed by atoms with Crippen molar-refractivity contribution in [3.8, 4) is 5.75 Å². The summed E-state index contributed by atoms with van der Waals surface area (Å²) in [5.74, 6) is 0.934. The van der Waals surface area contributed by atoms with Gasteiger partial charge >= 0.3 is 0 Å². The van der Waals surface area contributed by atoms with Crippen LogP contribution in [0.5, 0.6) is 5.75 Å². The van der Waals surface area contributed by atoms with Crippen LogP contribution >= 0.6 is 0 Å². The van der Waals surface area contributed by atoms with Gasteiger partial charge < -0.3 is 10.1 Å². The molecule has 102 valence electrons. The molecule has 1 aliphatic heterocycles. The number of carbonyl (C=O) groups excluding carboxylic acids is 1. The Labute approximate surface area is 117 Å². The van der Waals surface area contributed by atoms with Gasteiger partial charge in [0.05, 0.1) is 13.0 Å². The average Bonchev–Trinajstić information content (AvgIpc) is 2.94. The van der Waals surface area contributed by atoms with Gasteiger partial charge in [-0.1, -0.05) is 12.1 Å². The second-order valence-corrected chi connectivity index (χ2v) is 4.85. The van der Waals surface area contributed by atoms with E-state index in [0.29, 0.717) is 13.0 Å². The molecular weight excluding hydrogens is 252 g/mol. The van der Waals surface area contributed by atoms with Gasteiger partial charge in [-0.2, -0.15) is 0 Å². The number of benzene rings is 1. The third kappa shape index (κ3) is 2.96. The quantitative estimate of drug-likeness (QED) is 0.921. The van der Waals surface area contributed by atoms with Gasteiger partial charge in [0.1, 0.15) is 5.75 Å². The molecule has 0 aliphatic carbocycles. The SMILES string of the molecule is O=C(Cc1ccc2c(c1)OCC2)NCc1ccncc1. The minimum absolute atomic E-state index is 0.0137. The number of ether oxygens (including phenoxy) is 1. The van der Waals surface area contributed by atoms with E-state index in [0.717, 1.165) is 29.9 Å². The fourth-order valence-electron chi connectivity index (χ4n) is 2.27. The molecule has 20 heavy (non-hydrogen) atoms. The van der Waals surface area contributed by atoms with Crippen LogP contribution < -0.4 is 10.1 Å². The monoisotopic (exact) mass is 268 g/mol. The van der Waals surface area contributed by atoms with Gasteiger partial charge in [-0.05, 0) is 34.9 Å². The summed E-state index contributed by atoms with van der Waals surface area (Å²) in [7, 11) is 0. The van der Waals surface area contributed by atoms with Crippen LogP contribution in [0.1, 0.15) is 16.7 Å². The van der Waals surface area contributed by atoms with Crippen LogP contribution in [-0.2, 0) is 24.2 Å². The third-order valence-corrected chi connectivity index (χ3v) is 3.36. The molecule has 0 saturated heterocycles. The molecule has 0 radical (unpaired) electrons. The number of nitrogens with zero attached hydrogens (tertiary/aromatic N) is 1. The molecule has 1 N–H and O–H groups in total. The Balaban J connectivity index is 1.56. The summed E-state index contributed by atoms with van der Waals surface area (Å²) in [5.41, 5.74) is 3.26. The van der Waals surface area contributed by atoms with Crippen LogP contribution in [0.3, 0.4) is 0 Å². The molecular formula is C16H16N2O2. The number of rotatable bonds is 4. The van der Waals surface area contributed by atoms with Crippen molar-refractivity contribution in [3.63, 3.8) is 0 Å². The fraction of sp³-hybridized carbons (Fsp3) is 0.250. The second-order valence-electron chi connectivity index (χ2n) is 4.85. The van der Waals surface area contributed by atoms with Gasteiger partial charge in [0.15, 0.2) is 0 Å². The molecule has 3 rings (SSSR count). The van der Waals surface area contributed by atoms with E-state index in [2.05, 4.69) is 10.3 Å². The minimum atomic E-state index is 0.0137. The number of fused-ring (bicyclic) bond motifs is 1. The lowest BCUT2D eigenvalue weighted by Gasteiger charge is -2.06. The summed E-state index contributed by atoms with van der Waals surface area (Å²) in [4.78, 5) is 15.9. The van der Waals surface area contributed by atoms with Crippen molar-refractivity contribution in [2.75, 3.05) is 6.61 Å². The van der Waals surface area contributed by atoms with E-state index in [1.54, 1.807) is 12.4 Å². The Morgan fingerprint density at radius 3 is 2.90 bits per heavy atom. The first-order valence-corrected chi connectivity index (χ1v) is 6.71. The first-order chi connectivity index (χ1) is 9.81. The Hall–Kier alpha value is -2.36. The van der Waals surface area contributed by atoms with Crippen molar-refractivity contribution >= 4 is 5.91 Å². The highest BCUT2D eigenvalue weighted by molar-refractivity contribution is 5.78. The molecule has 2 heterocycles. The summed E-state index contributed by atoms with van der Waals surface area (Å²) < 4.78 is 5.51. The van der Waals surface area contributed by atoms with E-state index < -0.39 is 0 Å². The molecule has 0 atom stereocenters. The number of hydrogen-bond acceptors (Lipinski definition) is 3. The molecule has 0 unspecified atom stereocenters. The van der Waals surface area contributed by atoms with Crippen LogP contribution in [0.4, 0.5) is 0 Å². The predicted octanol–water partition coefficient (Wildman–Crippen LogP) is 1.88. The van der Waals surface area contributed by atoms with Crippen molar-refractivity contribution < 1.29 is 9.53 Å². The molecule has 4 heteroatoms. The highest BCUT2D eigenvalue weighted by atomic mass is 16.5. The van der Waals surface area contributed by atoms with Gasteiger partial charge in [-0.25, -0.2) is 0 Å². The lowest BCUT2D eigenvalue weighted by Crippen LogP contribution is -2.24. The number of hydrogen-bond donors (Lipinski definition) is 1. The molecule has 0 spiro atoms. The van der Waals surface area contributed by atoms with Crippen LogP contribution in [0, 0.1) is 0 Å². The summed E-state index contributed by atoms with van der Waals surface area (Å²) >= 11 is 0. The molecule has 2 aromatic rings. The Bertz CT molecular complexity index is 611. The highest BCUT2D eigenvalue weighted by Crippen LogP contribution is 2.26. The van der Waals surface area contributed by atoms with Gasteiger partial charge in [0, 0.05) is 25.4 Å². The lowest BCUT2D eigenvalue weighted by molar-refractivity contribution is -0.120. The van der Waals surface area contributed by atoms with E-state index in [9.17, 15) is 4.79 Å². The van der Waals surface area contributed by atoms with E-state index >= 15 is 0 Å². The maximum Gasteiger partial charge on any atom is 0.224 e. The van der Waals surface area contributed by atoms with Gasteiger partial charge in [-0.3, -0.25) is 9.78 Å². The van der Waals surface area contributed by atoms with Gasteiger partial charge in [-0.15, -0.1) is 0 Å². The van der Waals surface area contributed by atoms with Crippen molar-refractivity contribution in [1.29, 1.82) is 0 Å². The summed E-state index contributed by atoms with van der Waals surface area (Å²) in [6.07, 6.45) is 4.78. The molecule has 1 aromatic carbocycles. The number of amides is 1. The zero-order chi connectivity index (χ0) is 13.8. The first-order valence-electron chi connectivity index (χ1n) is 6.71. The van der Waals surface area contributed by atoms with Crippen LogP contribution in [0.15, 0.2) is 42.7 Å². The van der Waals surface area contributed by atoms with E-state index in [4.69, 9.17) is 4.74 Å². The van der Waals surface area contributed by atoms with Crippen LogP contribution in [0.2, 0.25) is 0 Å². The Morgan fingerprint density at radius 2 is 2.05 bits per heavy atom. The van der Waals surface area contributed by atoms with E-state index in [1.807, 2.05) is 30.3 Å². The van der Waals surface area contributed by atoms with Crippen molar-refractivity contribution in [1.82, 2.24) is 10.3 Å². The third-order valence-electron chi connectivity index (χ3n) is 3.36. The smallest absolute Gasteiger partial charge is 0.224 e. The standard InChI is InChI=1S/C16H16N2O2/c19-16(18-11-12-3-6-17-7-4-12)10-13-1-2-14-5-8-20-15(14)9-13/h1-4,6-7,9H,5,8,10-11H2,(H,18,19). The van der Waals surface area contributed by atoms with Crippen molar-refractivity contribution in [2.45, 2.75) is 19.4 Å². The average molecular weight is 268 g/mol. The maximum absolute atomic E-state index is 11.9. The van der Waals surface area contributed by atoms with E-state index in [-0.39, 0.29) is 5.91 Å². The zero-order valence-electron chi connectivity index (χ0n) is 11.1. The molecule has 0 fully saturated rings. The maximum atomic E-state index is 11.9. The topological polar surface area (TPSA) is 51.2 Å². The van der Waals surface area contributed by atoms with Crippen molar-refractivity contribution in [2.24, 2.45) is 0 Å². The largest absolute Gasteiger partial charge is 0.493 e. The van der Waals surface area contributed by atoms with Crippen LogP contribution in [0.25, 0.3) is 0 Å². The number of carbonyl (C=O) groups is 1. The normalized spacial score (nSPS) is 12.6. The molecule has 1 amide bonds.